The van der Waals surface area contributed by atoms with E-state index in [4.69, 9.17) is 14.2 Å². The molecule has 1 aliphatic heterocycles. The van der Waals surface area contributed by atoms with Gasteiger partial charge in [-0.25, -0.2) is 0 Å². The van der Waals surface area contributed by atoms with Crippen molar-refractivity contribution in [2.45, 2.75) is 40.0 Å². The first-order valence-electron chi connectivity index (χ1n) is 16.0. The number of likely N-dealkylation sites (tertiary alicyclic amines) is 1. The summed E-state index contributed by atoms with van der Waals surface area (Å²) in [5, 5.41) is 11.6. The van der Waals surface area contributed by atoms with Crippen molar-refractivity contribution in [2.24, 2.45) is 0 Å². The van der Waals surface area contributed by atoms with Gasteiger partial charge in [-0.3, -0.25) is 9.59 Å². The van der Waals surface area contributed by atoms with Gasteiger partial charge >= 0.3 is 0 Å². The third-order valence-corrected chi connectivity index (χ3v) is 8.62. The molecule has 1 aliphatic rings. The van der Waals surface area contributed by atoms with Crippen LogP contribution in [-0.2, 0) is 22.8 Å². The Morgan fingerprint density at radius 3 is 2.21 bits per heavy atom. The number of benzene rings is 4. The molecule has 0 aromatic heterocycles. The normalized spacial score (nSPS) is 15.7. The topological polar surface area (TPSA) is 88.5 Å². The van der Waals surface area contributed by atoms with Crippen LogP contribution in [0.5, 0.6) is 17.2 Å². The fraction of sp³-hybridized carbons (Fsp3) is 0.282. The van der Waals surface area contributed by atoms with E-state index in [9.17, 15) is 14.7 Å². The molecule has 47 heavy (non-hydrogen) atoms. The number of carbonyl (C=O) groups excluding carboxylic acids is 2. The van der Waals surface area contributed by atoms with Crippen LogP contribution in [0.2, 0.25) is 0 Å². The SMILES string of the molecule is CCN(CC)CCN1C(=O)C(=O)/C(=C(/O)c2ccc(OCc3ccccc3C)cc2)C1c1ccc(OCc2ccccc2)c(OC)c1. The summed E-state index contributed by atoms with van der Waals surface area (Å²) >= 11 is 0. The molecule has 1 saturated heterocycles. The zero-order chi connectivity index (χ0) is 33.3. The lowest BCUT2D eigenvalue weighted by Gasteiger charge is -2.28. The van der Waals surface area contributed by atoms with Crippen LogP contribution in [0, 0.1) is 6.92 Å². The molecule has 1 amide bonds. The maximum absolute atomic E-state index is 13.6. The largest absolute Gasteiger partial charge is 0.507 e. The Kier molecular flexibility index (Phi) is 11.0. The number of ether oxygens (including phenoxy) is 3. The molecule has 5 rings (SSSR count). The minimum atomic E-state index is -0.820. The summed E-state index contributed by atoms with van der Waals surface area (Å²) in [6.45, 7) is 9.42. The Balaban J connectivity index is 1.47. The number of hydrogen-bond donors (Lipinski definition) is 1. The third-order valence-electron chi connectivity index (χ3n) is 8.62. The van der Waals surface area contributed by atoms with Crippen LogP contribution >= 0.6 is 0 Å². The highest BCUT2D eigenvalue weighted by Gasteiger charge is 2.46. The van der Waals surface area contributed by atoms with E-state index in [1.807, 2.05) is 67.6 Å². The van der Waals surface area contributed by atoms with Crippen molar-refractivity contribution in [1.82, 2.24) is 9.80 Å². The summed E-state index contributed by atoms with van der Waals surface area (Å²) in [5.41, 5.74) is 4.30. The van der Waals surface area contributed by atoms with Gasteiger partial charge in [0, 0.05) is 18.7 Å². The van der Waals surface area contributed by atoms with Gasteiger partial charge in [0.2, 0.25) is 0 Å². The molecule has 8 heteroatoms. The maximum atomic E-state index is 13.6. The van der Waals surface area contributed by atoms with Gasteiger partial charge in [0.25, 0.3) is 11.7 Å². The van der Waals surface area contributed by atoms with Crippen molar-refractivity contribution in [3.63, 3.8) is 0 Å². The number of rotatable bonds is 14. The highest BCUT2D eigenvalue weighted by atomic mass is 16.5. The molecule has 4 aromatic carbocycles. The van der Waals surface area contributed by atoms with E-state index in [0.29, 0.717) is 54.7 Å². The van der Waals surface area contributed by atoms with Crippen molar-refractivity contribution in [3.05, 3.63) is 130 Å². The quantitative estimate of drug-likeness (QED) is 0.0915. The van der Waals surface area contributed by atoms with Gasteiger partial charge in [0.15, 0.2) is 11.5 Å². The summed E-state index contributed by atoms with van der Waals surface area (Å²) < 4.78 is 17.7. The minimum Gasteiger partial charge on any atom is -0.507 e. The zero-order valence-corrected chi connectivity index (χ0v) is 27.4. The fourth-order valence-corrected chi connectivity index (χ4v) is 5.75. The Morgan fingerprint density at radius 1 is 0.830 bits per heavy atom. The molecule has 4 aromatic rings. The van der Waals surface area contributed by atoms with Crippen LogP contribution in [0.1, 0.15) is 47.7 Å². The van der Waals surface area contributed by atoms with Gasteiger partial charge in [-0.15, -0.1) is 0 Å². The van der Waals surface area contributed by atoms with Crippen LogP contribution in [-0.4, -0.2) is 59.9 Å². The lowest BCUT2D eigenvalue weighted by molar-refractivity contribution is -0.140. The molecule has 0 spiro atoms. The summed E-state index contributed by atoms with van der Waals surface area (Å²) in [4.78, 5) is 30.9. The van der Waals surface area contributed by atoms with Gasteiger partial charge in [-0.2, -0.15) is 0 Å². The number of Topliss-reactive ketones (excluding diaryl/α,β-unsaturated/α-hetero) is 1. The Bertz CT molecular complexity index is 1710. The highest BCUT2D eigenvalue weighted by molar-refractivity contribution is 6.46. The molecule has 0 aliphatic carbocycles. The van der Waals surface area contributed by atoms with Crippen molar-refractivity contribution in [1.29, 1.82) is 0 Å². The van der Waals surface area contributed by atoms with Crippen LogP contribution < -0.4 is 14.2 Å². The first kappa shape index (κ1) is 33.3. The Morgan fingerprint density at radius 2 is 1.53 bits per heavy atom. The van der Waals surface area contributed by atoms with Gasteiger partial charge in [0.05, 0.1) is 18.7 Å². The molecule has 0 radical (unpaired) electrons. The lowest BCUT2D eigenvalue weighted by Crippen LogP contribution is -2.38. The molecule has 1 atom stereocenters. The van der Waals surface area contributed by atoms with Crippen molar-refractivity contribution in [2.75, 3.05) is 33.3 Å². The number of aryl methyl sites for hydroxylation is 1. The number of nitrogens with zero attached hydrogens (tertiary/aromatic N) is 2. The molecule has 244 valence electrons. The van der Waals surface area contributed by atoms with Crippen molar-refractivity contribution in [3.8, 4) is 17.2 Å². The summed E-state index contributed by atoms with van der Waals surface area (Å²) in [7, 11) is 1.55. The van der Waals surface area contributed by atoms with Gasteiger partial charge in [0.1, 0.15) is 24.7 Å². The van der Waals surface area contributed by atoms with Gasteiger partial charge in [-0.05, 0) is 78.7 Å². The minimum absolute atomic E-state index is 0.0307. The predicted molar refractivity (Wildman–Crippen MR) is 183 cm³/mol. The van der Waals surface area contributed by atoms with E-state index in [1.54, 1.807) is 48.4 Å². The number of aliphatic hydroxyl groups is 1. The molecule has 8 nitrogen and oxygen atoms in total. The molecular weight excluding hydrogens is 592 g/mol. The van der Waals surface area contributed by atoms with E-state index < -0.39 is 17.7 Å². The predicted octanol–water partition coefficient (Wildman–Crippen LogP) is 6.93. The molecule has 1 fully saturated rings. The molecule has 1 N–H and O–H groups in total. The average Bonchev–Trinajstić information content (AvgIpc) is 3.36. The lowest BCUT2D eigenvalue weighted by atomic mass is 9.95. The zero-order valence-electron chi connectivity index (χ0n) is 27.4. The standard InChI is InChI=1S/C39H42N2O6/c1-5-40(6-2)22-23-41-36(30-18-21-33(34(24-30)45-4)47-25-28-13-8-7-9-14-28)35(38(43)39(41)44)37(42)29-16-19-32(20-17-29)46-26-31-15-11-10-12-27(31)3/h7-21,24,36,42H,5-6,22-23,25-26H2,1-4H3/b37-35+. The number of hydrogen-bond acceptors (Lipinski definition) is 7. The number of ketones is 1. The van der Waals surface area contributed by atoms with E-state index >= 15 is 0 Å². The van der Waals surface area contributed by atoms with E-state index in [2.05, 4.69) is 18.7 Å². The van der Waals surface area contributed by atoms with Gasteiger partial charge in [-0.1, -0.05) is 74.5 Å². The highest BCUT2D eigenvalue weighted by Crippen LogP contribution is 2.42. The van der Waals surface area contributed by atoms with E-state index in [-0.39, 0.29) is 11.3 Å². The summed E-state index contributed by atoms with van der Waals surface area (Å²) in [6, 6.07) is 29.3. The molecular formula is C39H42N2O6. The average molecular weight is 635 g/mol. The number of likely N-dealkylation sites (N-methyl/N-ethyl adjacent to an activating group) is 1. The number of aliphatic hydroxyl groups excluding tert-OH is 1. The fourth-order valence-electron chi connectivity index (χ4n) is 5.75. The van der Waals surface area contributed by atoms with Crippen LogP contribution in [0.3, 0.4) is 0 Å². The number of carbonyl (C=O) groups is 2. The van der Waals surface area contributed by atoms with Crippen molar-refractivity contribution >= 4 is 17.4 Å². The van der Waals surface area contributed by atoms with Crippen LogP contribution in [0.15, 0.2) is 103 Å². The summed E-state index contributed by atoms with van der Waals surface area (Å²) in [5.74, 6) is -0.00525. The Labute approximate surface area is 276 Å². The first-order chi connectivity index (χ1) is 22.8. The molecule has 1 heterocycles. The maximum Gasteiger partial charge on any atom is 0.295 e. The van der Waals surface area contributed by atoms with Gasteiger partial charge < -0.3 is 29.1 Å². The second-order valence-electron chi connectivity index (χ2n) is 11.4. The molecule has 0 bridgehead atoms. The molecule has 0 saturated carbocycles. The van der Waals surface area contributed by atoms with Crippen molar-refractivity contribution < 1.29 is 28.9 Å². The summed E-state index contributed by atoms with van der Waals surface area (Å²) in [6.07, 6.45) is 0. The second-order valence-corrected chi connectivity index (χ2v) is 11.4. The van der Waals surface area contributed by atoms with E-state index in [1.165, 1.54) is 0 Å². The van der Waals surface area contributed by atoms with E-state index in [0.717, 1.165) is 29.8 Å². The molecule has 1 unspecified atom stereocenters. The number of methoxy groups -OCH3 is 1. The number of amides is 1. The second kappa shape index (κ2) is 15.5. The monoisotopic (exact) mass is 634 g/mol. The Hall–Kier alpha value is -5.08. The first-order valence-corrected chi connectivity index (χ1v) is 16.0. The third kappa shape index (κ3) is 7.67. The smallest absolute Gasteiger partial charge is 0.295 e. The van der Waals surface area contributed by atoms with Crippen LogP contribution in [0.4, 0.5) is 0 Å². The van der Waals surface area contributed by atoms with Crippen LogP contribution in [0.25, 0.3) is 5.76 Å².